The fourth-order valence-electron chi connectivity index (χ4n) is 1.97. The summed E-state index contributed by atoms with van der Waals surface area (Å²) in [5.74, 6) is 1.84. The Morgan fingerprint density at radius 3 is 2.71 bits per heavy atom. The molecule has 0 aliphatic heterocycles. The number of hydrogen-bond donors (Lipinski definition) is 1. The van der Waals surface area contributed by atoms with E-state index >= 15 is 0 Å². The lowest BCUT2D eigenvalue weighted by Crippen LogP contribution is -2.23. The smallest absolute Gasteiger partial charge is 0.123 e. The number of nitrogens with one attached hydrogen (secondary N) is 1. The summed E-state index contributed by atoms with van der Waals surface area (Å²) in [5, 5.41) is 3.44. The minimum absolute atomic E-state index is 0.509. The summed E-state index contributed by atoms with van der Waals surface area (Å²) in [6.45, 7) is 6.10. The molecule has 1 fully saturated rings. The van der Waals surface area contributed by atoms with Crippen LogP contribution < -0.4 is 10.1 Å². The molecule has 0 heterocycles. The Hall–Kier alpha value is -1.02. The third kappa shape index (κ3) is 3.74. The molecular formula is C15H23NO. The van der Waals surface area contributed by atoms with Crippen molar-refractivity contribution >= 4 is 0 Å². The second kappa shape index (κ2) is 6.06. The van der Waals surface area contributed by atoms with E-state index in [0.29, 0.717) is 6.04 Å². The molecule has 0 amide bonds. The highest BCUT2D eigenvalue weighted by Crippen LogP contribution is 2.28. The lowest BCUT2D eigenvalue weighted by atomic mass is 9.86. The maximum atomic E-state index is 5.93. The molecule has 2 heteroatoms. The minimum Gasteiger partial charge on any atom is -0.493 e. The first kappa shape index (κ1) is 12.4. The zero-order valence-electron chi connectivity index (χ0n) is 10.9. The lowest BCUT2D eigenvalue weighted by Gasteiger charge is -2.25. The molecule has 0 radical (unpaired) electrons. The number of ether oxygens (including phenoxy) is 1. The summed E-state index contributed by atoms with van der Waals surface area (Å²) in [6.07, 6.45) is 4.06. The van der Waals surface area contributed by atoms with Gasteiger partial charge in [-0.1, -0.05) is 38.5 Å². The van der Waals surface area contributed by atoms with E-state index in [1.54, 1.807) is 0 Å². The van der Waals surface area contributed by atoms with Crippen LogP contribution in [0.15, 0.2) is 24.3 Å². The average molecular weight is 233 g/mol. The van der Waals surface area contributed by atoms with E-state index < -0.39 is 0 Å². The van der Waals surface area contributed by atoms with Gasteiger partial charge < -0.3 is 10.1 Å². The van der Waals surface area contributed by atoms with E-state index in [2.05, 4.69) is 43.4 Å². The summed E-state index contributed by atoms with van der Waals surface area (Å²) in [5.41, 5.74) is 1.26. The van der Waals surface area contributed by atoms with Crippen molar-refractivity contribution in [3.05, 3.63) is 29.8 Å². The van der Waals surface area contributed by atoms with Crippen molar-refractivity contribution in [2.75, 3.05) is 6.61 Å². The lowest BCUT2D eigenvalue weighted by molar-refractivity contribution is 0.179. The van der Waals surface area contributed by atoms with Crippen molar-refractivity contribution in [3.8, 4) is 5.75 Å². The van der Waals surface area contributed by atoms with Gasteiger partial charge in [0.1, 0.15) is 5.75 Å². The molecule has 94 valence electrons. The summed E-state index contributed by atoms with van der Waals surface area (Å²) in [6, 6.07) is 8.86. The van der Waals surface area contributed by atoms with Crippen LogP contribution in [0.5, 0.6) is 5.75 Å². The Kier molecular flexibility index (Phi) is 4.43. The second-order valence-corrected chi connectivity index (χ2v) is 5.25. The van der Waals surface area contributed by atoms with Crippen LogP contribution in [0.2, 0.25) is 0 Å². The third-order valence-corrected chi connectivity index (χ3v) is 3.37. The van der Waals surface area contributed by atoms with E-state index in [1.807, 2.05) is 0 Å². The van der Waals surface area contributed by atoms with E-state index in [1.165, 1.54) is 24.8 Å². The quantitative estimate of drug-likeness (QED) is 0.813. The van der Waals surface area contributed by atoms with E-state index in [4.69, 9.17) is 4.74 Å². The number of para-hydroxylation sites is 1. The molecule has 1 saturated carbocycles. The Labute approximate surface area is 104 Å². The maximum absolute atomic E-state index is 5.93. The fourth-order valence-corrected chi connectivity index (χ4v) is 1.97. The van der Waals surface area contributed by atoms with Crippen LogP contribution in [-0.4, -0.2) is 12.6 Å². The van der Waals surface area contributed by atoms with Gasteiger partial charge in [0, 0.05) is 18.2 Å². The monoisotopic (exact) mass is 233 g/mol. The first-order valence-corrected chi connectivity index (χ1v) is 6.70. The summed E-state index contributed by atoms with van der Waals surface area (Å²) in [4.78, 5) is 0. The van der Waals surface area contributed by atoms with Crippen molar-refractivity contribution < 1.29 is 4.74 Å². The van der Waals surface area contributed by atoms with Crippen LogP contribution in [0, 0.1) is 5.92 Å². The Morgan fingerprint density at radius 1 is 1.29 bits per heavy atom. The topological polar surface area (TPSA) is 21.3 Å². The fraction of sp³-hybridized carbons (Fsp3) is 0.600. The van der Waals surface area contributed by atoms with Gasteiger partial charge in [-0.3, -0.25) is 0 Å². The normalized spacial score (nSPS) is 15.9. The molecule has 1 aromatic rings. The van der Waals surface area contributed by atoms with Gasteiger partial charge in [-0.05, 0) is 24.8 Å². The van der Waals surface area contributed by atoms with Crippen LogP contribution in [0.25, 0.3) is 0 Å². The van der Waals surface area contributed by atoms with Crippen LogP contribution in [0.4, 0.5) is 0 Å². The van der Waals surface area contributed by atoms with Gasteiger partial charge in [-0.25, -0.2) is 0 Å². The molecule has 0 aromatic heterocycles. The standard InChI is InChI=1S/C15H23NO/c1-12(2)16-10-14-8-3-4-9-15(14)17-11-13-6-5-7-13/h3-4,8-9,12-13,16H,5-7,10-11H2,1-2H3. The van der Waals surface area contributed by atoms with Crippen molar-refractivity contribution in [1.29, 1.82) is 0 Å². The predicted molar refractivity (Wildman–Crippen MR) is 71.3 cm³/mol. The largest absolute Gasteiger partial charge is 0.493 e. The highest BCUT2D eigenvalue weighted by molar-refractivity contribution is 5.33. The molecule has 2 rings (SSSR count). The minimum atomic E-state index is 0.509. The van der Waals surface area contributed by atoms with Crippen molar-refractivity contribution in [2.45, 2.75) is 45.7 Å². The number of hydrogen-bond acceptors (Lipinski definition) is 2. The van der Waals surface area contributed by atoms with Gasteiger partial charge in [0.15, 0.2) is 0 Å². The Balaban J connectivity index is 1.89. The molecule has 17 heavy (non-hydrogen) atoms. The highest BCUT2D eigenvalue weighted by atomic mass is 16.5. The molecule has 0 unspecified atom stereocenters. The van der Waals surface area contributed by atoms with E-state index in [-0.39, 0.29) is 0 Å². The number of benzene rings is 1. The number of rotatable bonds is 6. The van der Waals surface area contributed by atoms with Crippen LogP contribution in [-0.2, 0) is 6.54 Å². The van der Waals surface area contributed by atoms with Gasteiger partial charge >= 0.3 is 0 Å². The zero-order valence-corrected chi connectivity index (χ0v) is 10.9. The molecule has 0 saturated heterocycles. The van der Waals surface area contributed by atoms with Gasteiger partial charge in [-0.15, -0.1) is 0 Å². The molecule has 0 spiro atoms. The zero-order chi connectivity index (χ0) is 12.1. The maximum Gasteiger partial charge on any atom is 0.123 e. The van der Waals surface area contributed by atoms with Crippen LogP contribution >= 0.6 is 0 Å². The predicted octanol–water partition coefficient (Wildman–Crippen LogP) is 3.36. The second-order valence-electron chi connectivity index (χ2n) is 5.25. The van der Waals surface area contributed by atoms with Crippen LogP contribution in [0.3, 0.4) is 0 Å². The van der Waals surface area contributed by atoms with E-state index in [0.717, 1.165) is 24.8 Å². The van der Waals surface area contributed by atoms with Crippen molar-refractivity contribution in [2.24, 2.45) is 5.92 Å². The first-order valence-electron chi connectivity index (χ1n) is 6.70. The molecule has 1 N–H and O–H groups in total. The van der Waals surface area contributed by atoms with Gasteiger partial charge in [0.25, 0.3) is 0 Å². The SMILES string of the molecule is CC(C)NCc1ccccc1OCC1CCC1. The summed E-state index contributed by atoms with van der Waals surface area (Å²) >= 11 is 0. The Bertz CT molecular complexity index is 345. The van der Waals surface area contributed by atoms with E-state index in [9.17, 15) is 0 Å². The average Bonchev–Trinajstić information content (AvgIpc) is 2.25. The van der Waals surface area contributed by atoms with Crippen molar-refractivity contribution in [1.82, 2.24) is 5.32 Å². The van der Waals surface area contributed by atoms with Gasteiger partial charge in [0.2, 0.25) is 0 Å². The molecule has 1 aliphatic rings. The van der Waals surface area contributed by atoms with Crippen LogP contribution in [0.1, 0.15) is 38.7 Å². The highest BCUT2D eigenvalue weighted by Gasteiger charge is 2.18. The van der Waals surface area contributed by atoms with Crippen molar-refractivity contribution in [3.63, 3.8) is 0 Å². The molecule has 2 nitrogen and oxygen atoms in total. The van der Waals surface area contributed by atoms with Gasteiger partial charge in [-0.2, -0.15) is 0 Å². The Morgan fingerprint density at radius 2 is 2.06 bits per heavy atom. The first-order chi connectivity index (χ1) is 8.25. The molecule has 1 aliphatic carbocycles. The molecule has 1 aromatic carbocycles. The molecule has 0 bridgehead atoms. The summed E-state index contributed by atoms with van der Waals surface area (Å²) in [7, 11) is 0. The molecular weight excluding hydrogens is 210 g/mol. The molecule has 0 atom stereocenters. The third-order valence-electron chi connectivity index (χ3n) is 3.37. The van der Waals surface area contributed by atoms with Gasteiger partial charge in [0.05, 0.1) is 6.61 Å². The summed E-state index contributed by atoms with van der Waals surface area (Å²) < 4.78 is 5.93.